The molecular formula is C18H20N4O6S. The van der Waals surface area contributed by atoms with E-state index in [0.717, 1.165) is 10.5 Å². The number of nitrogens with zero attached hydrogens (tertiary/aromatic N) is 3. The summed E-state index contributed by atoms with van der Waals surface area (Å²) in [7, 11) is 0. The monoisotopic (exact) mass is 420 g/mol. The van der Waals surface area contributed by atoms with E-state index in [2.05, 4.69) is 0 Å². The number of β-lactam (4-membered cyclic amide) rings is 1. The highest BCUT2D eigenvalue weighted by molar-refractivity contribution is 7.15. The number of carboxylic acids is 1. The minimum Gasteiger partial charge on any atom is -0.543 e. The van der Waals surface area contributed by atoms with E-state index < -0.39 is 24.1 Å². The van der Waals surface area contributed by atoms with Crippen molar-refractivity contribution >= 4 is 34.1 Å². The van der Waals surface area contributed by atoms with Gasteiger partial charge in [-0.05, 0) is 6.92 Å². The van der Waals surface area contributed by atoms with Crippen LogP contribution in [0.4, 0.5) is 4.79 Å². The van der Waals surface area contributed by atoms with Gasteiger partial charge >= 0.3 is 6.09 Å². The largest absolute Gasteiger partial charge is 0.543 e. The van der Waals surface area contributed by atoms with Gasteiger partial charge in [-0.2, -0.15) is 4.40 Å². The number of aliphatic hydroxyl groups is 1. The number of rotatable bonds is 6. The minimum atomic E-state index is -1.40. The van der Waals surface area contributed by atoms with Gasteiger partial charge in [0.15, 0.2) is 12.3 Å². The van der Waals surface area contributed by atoms with E-state index in [4.69, 9.17) is 10.5 Å². The first kappa shape index (κ1) is 19.4. The number of imidazole rings is 1. The van der Waals surface area contributed by atoms with Gasteiger partial charge in [0.1, 0.15) is 12.7 Å². The number of ether oxygens (including phenoxy) is 1. The summed E-state index contributed by atoms with van der Waals surface area (Å²) in [6.45, 7) is 3.67. The molecule has 4 rings (SSSR count). The molecule has 2 aromatic heterocycles. The predicted molar refractivity (Wildman–Crippen MR) is 96.8 cm³/mol. The summed E-state index contributed by atoms with van der Waals surface area (Å²) >= 11 is 1.44. The first-order valence-corrected chi connectivity index (χ1v) is 9.94. The highest BCUT2D eigenvalue weighted by atomic mass is 32.1. The molecule has 154 valence electrons. The smallest absolute Gasteiger partial charge is 0.404 e. The molecule has 2 aromatic rings. The molecule has 1 fully saturated rings. The van der Waals surface area contributed by atoms with Gasteiger partial charge < -0.3 is 30.4 Å². The zero-order chi connectivity index (χ0) is 21.0. The zero-order valence-electron chi connectivity index (χ0n) is 15.8. The molecular weight excluding hydrogens is 400 g/mol. The molecule has 29 heavy (non-hydrogen) atoms. The van der Waals surface area contributed by atoms with Crippen LogP contribution in [-0.2, 0) is 27.5 Å². The highest BCUT2D eigenvalue weighted by Gasteiger charge is 2.58. The van der Waals surface area contributed by atoms with E-state index >= 15 is 0 Å². The summed E-state index contributed by atoms with van der Waals surface area (Å²) in [4.78, 5) is 37.1. The van der Waals surface area contributed by atoms with E-state index in [0.29, 0.717) is 5.57 Å². The maximum absolute atomic E-state index is 12.4. The SMILES string of the molecule is C[C@@H](O)[C@H]1C(=O)N2C(C(=O)[O-])=C(Cn3cc4scc(COC(N)=O)[n+]4c3)[C@H](C)[C@H]12. The van der Waals surface area contributed by atoms with E-state index in [1.165, 1.54) is 23.2 Å². The van der Waals surface area contributed by atoms with Crippen LogP contribution in [0, 0.1) is 11.8 Å². The van der Waals surface area contributed by atoms with Crippen LogP contribution in [0.3, 0.4) is 0 Å². The third kappa shape index (κ3) is 2.97. The van der Waals surface area contributed by atoms with Crippen molar-refractivity contribution in [3.63, 3.8) is 0 Å². The van der Waals surface area contributed by atoms with E-state index in [1.807, 2.05) is 27.5 Å². The van der Waals surface area contributed by atoms with Gasteiger partial charge in [-0.1, -0.05) is 18.3 Å². The van der Waals surface area contributed by atoms with Gasteiger partial charge in [0.2, 0.25) is 17.1 Å². The second-order valence-electron chi connectivity index (χ2n) is 7.38. The summed E-state index contributed by atoms with van der Waals surface area (Å²) in [5.74, 6) is -2.64. The fourth-order valence-corrected chi connectivity index (χ4v) is 5.22. The number of aliphatic hydroxyl groups excluding tert-OH is 1. The van der Waals surface area contributed by atoms with Crippen molar-refractivity contribution in [2.45, 2.75) is 39.1 Å². The van der Waals surface area contributed by atoms with E-state index in [1.54, 1.807) is 6.33 Å². The molecule has 0 saturated carbocycles. The molecule has 4 atom stereocenters. The number of thiazole rings is 1. The molecule has 0 bridgehead atoms. The Bertz CT molecular complexity index is 1050. The molecule has 3 N–H and O–H groups in total. The quantitative estimate of drug-likeness (QED) is 0.441. The topological polar surface area (TPSA) is 142 Å². The lowest BCUT2D eigenvalue weighted by Gasteiger charge is -2.47. The summed E-state index contributed by atoms with van der Waals surface area (Å²) in [6, 6.07) is -0.380. The van der Waals surface area contributed by atoms with Crippen molar-refractivity contribution in [3.05, 3.63) is 34.9 Å². The molecule has 0 spiro atoms. The first-order chi connectivity index (χ1) is 13.7. The standard InChI is InChI=1S/C18H20N4O6S/c1-8-11(15(17(25)26)22-14(8)13(9(2)23)16(22)24)3-20-4-12-21(7-20)10(6-29-12)5-28-18(19)27/h4,6-9,13-14,23H,3,5H2,1-2H3,(H2-,19,25,26,27)/t8-,9+,13+,14+/m0/s1. The molecule has 11 heteroatoms. The van der Waals surface area contributed by atoms with Crippen molar-refractivity contribution in [2.75, 3.05) is 0 Å². The average Bonchev–Trinajstić information content (AvgIpc) is 3.25. The molecule has 2 aliphatic heterocycles. The first-order valence-electron chi connectivity index (χ1n) is 9.06. The molecule has 10 nitrogen and oxygen atoms in total. The Morgan fingerprint density at radius 1 is 1.48 bits per heavy atom. The second kappa shape index (κ2) is 6.85. The van der Waals surface area contributed by atoms with Crippen molar-refractivity contribution < 1.29 is 33.7 Å². The van der Waals surface area contributed by atoms with Crippen LogP contribution in [0.1, 0.15) is 19.5 Å². The second-order valence-corrected chi connectivity index (χ2v) is 8.26. The van der Waals surface area contributed by atoms with Crippen molar-refractivity contribution in [3.8, 4) is 0 Å². The highest BCUT2D eigenvalue weighted by Crippen LogP contribution is 2.47. The number of primary amides is 1. The van der Waals surface area contributed by atoms with Crippen molar-refractivity contribution in [2.24, 2.45) is 17.6 Å². The van der Waals surface area contributed by atoms with Crippen LogP contribution < -0.4 is 15.2 Å². The summed E-state index contributed by atoms with van der Waals surface area (Å²) in [6.07, 6.45) is 1.89. The van der Waals surface area contributed by atoms with Gasteiger partial charge in [0.05, 0.1) is 29.7 Å². The third-order valence-electron chi connectivity index (χ3n) is 5.63. The molecule has 0 unspecified atom stereocenters. The normalized spacial score (nSPS) is 24.6. The van der Waals surface area contributed by atoms with Crippen LogP contribution >= 0.6 is 11.3 Å². The van der Waals surface area contributed by atoms with Crippen LogP contribution in [0.25, 0.3) is 4.83 Å². The van der Waals surface area contributed by atoms with E-state index in [9.17, 15) is 24.6 Å². The summed E-state index contributed by atoms with van der Waals surface area (Å²) < 4.78 is 8.47. The molecule has 2 amide bonds. The number of amides is 2. The van der Waals surface area contributed by atoms with Gasteiger partial charge in [0, 0.05) is 16.9 Å². The lowest BCUT2D eigenvalue weighted by atomic mass is 9.78. The molecule has 0 radical (unpaired) electrons. The third-order valence-corrected chi connectivity index (χ3v) is 6.56. The Morgan fingerprint density at radius 2 is 2.21 bits per heavy atom. The van der Waals surface area contributed by atoms with Crippen LogP contribution in [0.2, 0.25) is 0 Å². The van der Waals surface area contributed by atoms with Gasteiger partial charge in [-0.25, -0.2) is 9.36 Å². The minimum absolute atomic E-state index is 0.0217. The Hall–Kier alpha value is -2.92. The lowest BCUT2D eigenvalue weighted by Crippen LogP contribution is -2.64. The van der Waals surface area contributed by atoms with Crippen molar-refractivity contribution in [1.82, 2.24) is 9.47 Å². The fraction of sp³-hybridized carbons (Fsp3) is 0.444. The molecule has 1 saturated heterocycles. The molecule has 4 heterocycles. The van der Waals surface area contributed by atoms with E-state index in [-0.39, 0.29) is 36.7 Å². The van der Waals surface area contributed by atoms with Gasteiger partial charge in [0.25, 0.3) is 0 Å². The number of aromatic nitrogens is 2. The zero-order valence-corrected chi connectivity index (χ0v) is 16.6. The predicted octanol–water partition coefficient (Wildman–Crippen LogP) is -1.25. The number of carbonyl (C=O) groups is 3. The van der Waals surface area contributed by atoms with Crippen LogP contribution in [0.15, 0.2) is 29.2 Å². The number of nitrogens with two attached hydrogens (primary N) is 1. The van der Waals surface area contributed by atoms with Crippen LogP contribution in [-0.4, -0.2) is 44.7 Å². The summed E-state index contributed by atoms with van der Waals surface area (Å²) in [5.41, 5.74) is 6.20. The maximum Gasteiger partial charge on any atom is 0.404 e. The van der Waals surface area contributed by atoms with Crippen LogP contribution in [0.5, 0.6) is 0 Å². The fourth-order valence-electron chi connectivity index (χ4n) is 4.30. The Balaban J connectivity index is 1.64. The number of aliphatic carboxylic acids is 1. The number of hydrogen-bond acceptors (Lipinski definition) is 7. The number of fused-ring (bicyclic) bond motifs is 2. The molecule has 2 aliphatic rings. The number of carboxylic acid groups (broad SMARTS) is 1. The Labute approximate surface area is 169 Å². The lowest BCUT2D eigenvalue weighted by molar-refractivity contribution is -0.520. The molecule has 0 aliphatic carbocycles. The average molecular weight is 420 g/mol. The molecule has 0 aromatic carbocycles. The Kier molecular flexibility index (Phi) is 4.58. The number of carbonyl (C=O) groups excluding carboxylic acids is 3. The summed E-state index contributed by atoms with van der Waals surface area (Å²) in [5, 5.41) is 23.5. The maximum atomic E-state index is 12.4. The van der Waals surface area contributed by atoms with Crippen molar-refractivity contribution in [1.29, 1.82) is 0 Å². The van der Waals surface area contributed by atoms with Gasteiger partial charge in [-0.3, -0.25) is 4.79 Å². The Morgan fingerprint density at radius 3 is 2.83 bits per heavy atom. The van der Waals surface area contributed by atoms with Gasteiger partial charge in [-0.15, -0.1) is 0 Å². The number of hydrogen-bond donors (Lipinski definition) is 2.